The van der Waals surface area contributed by atoms with Crippen molar-refractivity contribution < 1.29 is 43.3 Å². The molecule has 0 spiro atoms. The van der Waals surface area contributed by atoms with Gasteiger partial charge in [-0.05, 0) is 79.9 Å². The quantitative estimate of drug-likeness (QED) is 0.0604. The molecule has 0 unspecified atom stereocenters. The molecule has 8 aromatic rings. The number of thiazole rings is 3. The first-order valence-corrected chi connectivity index (χ1v) is 29.2. The number of carbonyl (C=O) groups excluding carboxylic acids is 6. The summed E-state index contributed by atoms with van der Waals surface area (Å²) in [5.41, 5.74) is 1.58. The van der Waals surface area contributed by atoms with Crippen LogP contribution < -0.4 is 10.2 Å². The number of Topliss-reactive ketones (excluding diaryl/α,β-unsaturated/α-hetero) is 3. The van der Waals surface area contributed by atoms with Crippen LogP contribution in [0.1, 0.15) is 110 Å². The largest absolute Gasteiger partial charge is 0.440 e. The van der Waals surface area contributed by atoms with E-state index in [1.165, 1.54) is 51.3 Å². The van der Waals surface area contributed by atoms with Gasteiger partial charge in [-0.25, -0.2) is 29.3 Å². The number of ketones is 3. The van der Waals surface area contributed by atoms with Crippen molar-refractivity contribution in [2.24, 2.45) is 31.7 Å². The minimum absolute atomic E-state index is 0.0218. The molecule has 3 amide bonds. The van der Waals surface area contributed by atoms with Crippen molar-refractivity contribution in [2.45, 2.75) is 94.9 Å². The number of nitrogens with one attached hydrogen (secondary N) is 1. The second-order valence-corrected chi connectivity index (χ2v) is 25.0. The van der Waals surface area contributed by atoms with E-state index >= 15 is 0 Å². The zero-order valence-corrected chi connectivity index (χ0v) is 50.3. The molecule has 0 saturated carbocycles. The molecule has 83 heavy (non-hydrogen) atoms. The Morgan fingerprint density at radius 1 is 0.542 bits per heavy atom. The van der Waals surface area contributed by atoms with Gasteiger partial charge in [0, 0.05) is 66.4 Å². The first kappa shape index (κ1) is 62.1. The molecular formula is C60H65N11O9S3. The third-order valence-corrected chi connectivity index (χ3v) is 15.2. The van der Waals surface area contributed by atoms with Crippen LogP contribution in [0.25, 0.3) is 30.6 Å². The Morgan fingerprint density at radius 3 is 1.33 bits per heavy atom. The average molecular weight is 1180 g/mol. The Kier molecular flexibility index (Phi) is 20.9. The molecule has 0 atom stereocenters. The number of anilines is 2. The van der Waals surface area contributed by atoms with Crippen molar-refractivity contribution in [3.8, 4) is 0 Å². The number of nitrogens with zero attached hydrogens (tertiary/aromatic N) is 10. The number of hydrogen-bond acceptors (Lipinski definition) is 20. The smallest absolute Gasteiger partial charge is 0.306 e. The molecule has 1 aliphatic heterocycles. The summed E-state index contributed by atoms with van der Waals surface area (Å²) in [6, 6.07) is 29.4. The lowest BCUT2D eigenvalue weighted by Gasteiger charge is -2.20. The minimum atomic E-state index is -0.804. The predicted molar refractivity (Wildman–Crippen MR) is 326 cm³/mol. The highest BCUT2D eigenvalue weighted by Crippen LogP contribution is 2.30. The number of benzene rings is 3. The highest BCUT2D eigenvalue weighted by Gasteiger charge is 2.34. The van der Waals surface area contributed by atoms with Crippen molar-refractivity contribution in [2.75, 3.05) is 29.9 Å². The van der Waals surface area contributed by atoms with Crippen molar-refractivity contribution >= 4 is 129 Å². The molecule has 0 bridgehead atoms. The molecule has 1 aliphatic rings. The van der Waals surface area contributed by atoms with E-state index in [-0.39, 0.29) is 34.5 Å². The Hall–Kier alpha value is -8.54. The summed E-state index contributed by atoms with van der Waals surface area (Å²) >= 11 is 4.03. The van der Waals surface area contributed by atoms with E-state index in [2.05, 4.69) is 45.7 Å². The molecule has 20 nitrogen and oxygen atoms in total. The maximum atomic E-state index is 13.1. The summed E-state index contributed by atoms with van der Waals surface area (Å²) in [5.74, 6) is -0.720. The van der Waals surface area contributed by atoms with Gasteiger partial charge in [0.1, 0.15) is 15.0 Å². The Labute approximate surface area is 492 Å². The fourth-order valence-electron chi connectivity index (χ4n) is 7.52. The van der Waals surface area contributed by atoms with Gasteiger partial charge in [0.25, 0.3) is 0 Å². The number of rotatable bonds is 14. The summed E-state index contributed by atoms with van der Waals surface area (Å²) in [6.07, 6.45) is 7.96. The van der Waals surface area contributed by atoms with Crippen LogP contribution in [0.15, 0.2) is 137 Å². The second kappa shape index (κ2) is 28.0. The Balaban J connectivity index is 0.000000180. The molecular weight excluding hydrogens is 1110 g/mol. The minimum Gasteiger partial charge on any atom is -0.306 e. The van der Waals surface area contributed by atoms with E-state index in [9.17, 15) is 28.8 Å². The van der Waals surface area contributed by atoms with E-state index in [0.29, 0.717) is 46.0 Å². The van der Waals surface area contributed by atoms with Gasteiger partial charge in [-0.2, -0.15) is 0 Å². The zero-order chi connectivity index (χ0) is 59.9. The Bertz CT molecular complexity index is 3580. The van der Waals surface area contributed by atoms with Gasteiger partial charge in [-0.15, -0.1) is 34.0 Å². The fraction of sp³-hybridized carbons (Fsp3) is 0.333. The lowest BCUT2D eigenvalue weighted by molar-refractivity contribution is -0.120. The lowest BCUT2D eigenvalue weighted by atomic mass is 9.88. The SMILES string of the molecule is CC(C)(C)C(=O)/C(=N\OC(=O)N1CCCC1)c1nc2ccccc2s1.CC(C)(C)C(=O)/C(=N\OC(=O)Nc1ccncc1)c1nc2ccccc2s1.CCCCN(C(=O)O/N=C(\C(=O)C(C)(C)C)c1nc2ccccc2s1)c1ccncc1. The molecule has 1 saturated heterocycles. The number of fused-ring (bicyclic) bond motifs is 3. The summed E-state index contributed by atoms with van der Waals surface area (Å²) in [6.45, 7) is 20.0. The van der Waals surface area contributed by atoms with Crippen LogP contribution in [0.4, 0.5) is 25.8 Å². The maximum Gasteiger partial charge on any atom is 0.440 e. The third-order valence-electron chi connectivity index (χ3n) is 12.0. The number of aromatic nitrogens is 5. The van der Waals surface area contributed by atoms with Crippen LogP contribution in [0.2, 0.25) is 0 Å². The summed E-state index contributed by atoms with van der Waals surface area (Å²) in [4.78, 5) is 115. The van der Waals surface area contributed by atoms with Crippen LogP contribution in [-0.4, -0.2) is 102 Å². The first-order chi connectivity index (χ1) is 39.5. The molecule has 432 valence electrons. The average Bonchev–Trinajstić information content (AvgIpc) is 4.47. The van der Waals surface area contributed by atoms with Crippen LogP contribution in [0, 0.1) is 16.2 Å². The van der Waals surface area contributed by atoms with Gasteiger partial charge in [-0.1, -0.05) is 128 Å². The highest BCUT2D eigenvalue weighted by molar-refractivity contribution is 7.22. The van der Waals surface area contributed by atoms with Crippen LogP contribution in [0.5, 0.6) is 0 Å². The molecule has 0 radical (unpaired) electrons. The van der Waals surface area contributed by atoms with Gasteiger partial charge in [0.05, 0.1) is 36.3 Å². The molecule has 6 heterocycles. The van der Waals surface area contributed by atoms with Crippen LogP contribution in [0.3, 0.4) is 0 Å². The molecule has 9 rings (SSSR count). The van der Waals surface area contributed by atoms with E-state index in [4.69, 9.17) is 14.5 Å². The van der Waals surface area contributed by atoms with E-state index in [0.717, 1.165) is 56.3 Å². The monoisotopic (exact) mass is 1180 g/mol. The topological polar surface area (TPSA) is 250 Å². The predicted octanol–water partition coefficient (Wildman–Crippen LogP) is 13.6. The number of likely N-dealkylation sites (tertiary alicyclic amines) is 1. The zero-order valence-electron chi connectivity index (χ0n) is 47.9. The van der Waals surface area contributed by atoms with Crippen LogP contribution >= 0.6 is 34.0 Å². The van der Waals surface area contributed by atoms with E-state index < -0.39 is 34.5 Å². The van der Waals surface area contributed by atoms with Gasteiger partial charge in [-0.3, -0.25) is 49.1 Å². The van der Waals surface area contributed by atoms with Crippen molar-refractivity contribution in [1.82, 2.24) is 29.8 Å². The van der Waals surface area contributed by atoms with Gasteiger partial charge in [0.15, 0.2) is 34.5 Å². The first-order valence-electron chi connectivity index (χ1n) is 26.7. The summed E-state index contributed by atoms with van der Waals surface area (Å²) in [7, 11) is 0. The third kappa shape index (κ3) is 17.0. The van der Waals surface area contributed by atoms with Crippen LogP contribution in [-0.2, 0) is 28.9 Å². The van der Waals surface area contributed by atoms with Gasteiger partial charge in [0.2, 0.25) is 0 Å². The van der Waals surface area contributed by atoms with Crippen molar-refractivity contribution in [3.63, 3.8) is 0 Å². The summed E-state index contributed by atoms with van der Waals surface area (Å²) in [5, 5.41) is 15.6. The van der Waals surface area contributed by atoms with E-state index in [1.54, 1.807) is 104 Å². The number of para-hydroxylation sites is 3. The number of unbranched alkanes of at least 4 members (excludes halogenated alkanes) is 1. The highest BCUT2D eigenvalue weighted by atomic mass is 32.1. The van der Waals surface area contributed by atoms with Crippen molar-refractivity contribution in [1.29, 1.82) is 0 Å². The number of hydrogen-bond donors (Lipinski definition) is 1. The Morgan fingerprint density at radius 2 is 0.928 bits per heavy atom. The maximum absolute atomic E-state index is 13.1. The van der Waals surface area contributed by atoms with Gasteiger partial charge < -0.3 is 4.90 Å². The molecule has 3 aromatic carbocycles. The molecule has 23 heteroatoms. The summed E-state index contributed by atoms with van der Waals surface area (Å²) < 4.78 is 2.81. The van der Waals surface area contributed by atoms with Crippen molar-refractivity contribution in [3.05, 3.63) is 137 Å². The van der Waals surface area contributed by atoms with Gasteiger partial charge >= 0.3 is 18.3 Å². The number of amides is 3. The van der Waals surface area contributed by atoms with E-state index in [1.807, 2.05) is 79.7 Å². The standard InChI is InChI=1S/C23H26N4O3S.C19H18N4O3S.C18H21N3O3S/c1-5-6-15-27(16-11-13-24-14-12-16)22(29)30-26-19(20(28)23(2,3)4)21-25-17-9-7-8-10-18(17)31-21;1-19(2,3)16(24)15(17-22-13-6-4-5-7-14(13)27-17)23-26-18(25)21-12-8-10-20-11-9-12;1-18(2,3)15(22)14(20-24-17(23)21-10-6-7-11-21)16-19-12-8-4-5-9-13(12)25-16/h7-14H,5-6,15H2,1-4H3;4-11H,1-3H3,(H,20,21,25);4-5,8-9H,6-7,10-11H2,1-3H3/b26-19+;23-15+;20-14+. The second-order valence-electron chi connectivity index (χ2n) is 21.9. The number of oxime groups is 3. The normalized spacial score (nSPS) is 13.1. The molecule has 1 N–H and O–H groups in total. The fourth-order valence-corrected chi connectivity index (χ4v) is 10.4. The molecule has 1 fully saturated rings. The lowest BCUT2D eigenvalue weighted by Crippen LogP contribution is -2.33. The molecule has 0 aliphatic carbocycles. The number of pyridine rings is 2. The molecule has 5 aromatic heterocycles. The number of carbonyl (C=O) groups is 6.